The maximum atomic E-state index is 13.0. The number of H-pyrrole nitrogens is 1. The van der Waals surface area contributed by atoms with Crippen LogP contribution in [0.2, 0.25) is 0 Å². The van der Waals surface area contributed by atoms with Crippen LogP contribution >= 0.6 is 0 Å². The van der Waals surface area contributed by atoms with Crippen molar-refractivity contribution >= 4 is 28.9 Å². The zero-order valence-corrected chi connectivity index (χ0v) is 16.0. The average Bonchev–Trinajstić information content (AvgIpc) is 3.24. The number of likely N-dealkylation sites (tertiary alicyclic amines) is 1. The van der Waals surface area contributed by atoms with Gasteiger partial charge in [0.05, 0.1) is 6.61 Å². The Morgan fingerprint density at radius 2 is 2.36 bits per heavy atom. The van der Waals surface area contributed by atoms with Crippen LogP contribution in [0.3, 0.4) is 0 Å². The van der Waals surface area contributed by atoms with Gasteiger partial charge in [0, 0.05) is 36.4 Å². The van der Waals surface area contributed by atoms with Crippen molar-refractivity contribution in [2.24, 2.45) is 5.92 Å². The number of fused-ring (bicyclic) bond motifs is 1. The molecular formula is C21H23N3O4. The smallest absolute Gasteiger partial charge is 0.347 e. The molecule has 1 N–H and O–H groups in total. The van der Waals surface area contributed by atoms with Gasteiger partial charge in [-0.1, -0.05) is 6.92 Å². The number of ketones is 1. The van der Waals surface area contributed by atoms with E-state index in [2.05, 4.69) is 16.9 Å². The lowest BCUT2D eigenvalue weighted by Crippen LogP contribution is -2.35. The summed E-state index contributed by atoms with van der Waals surface area (Å²) in [6.45, 7) is 5.57. The summed E-state index contributed by atoms with van der Waals surface area (Å²) in [6, 6.07) is 3.75. The second-order valence-electron chi connectivity index (χ2n) is 7.18. The van der Waals surface area contributed by atoms with Crippen LogP contribution in [-0.2, 0) is 19.1 Å². The maximum absolute atomic E-state index is 13.0. The van der Waals surface area contributed by atoms with E-state index in [1.54, 1.807) is 25.4 Å². The normalized spacial score (nSPS) is 21.5. The molecule has 0 amide bonds. The molecule has 1 unspecified atom stereocenters. The van der Waals surface area contributed by atoms with Crippen LogP contribution in [0.4, 0.5) is 0 Å². The van der Waals surface area contributed by atoms with E-state index in [9.17, 15) is 9.59 Å². The third kappa shape index (κ3) is 3.28. The number of carbonyl (C=O) groups excluding carboxylic acids is 2. The van der Waals surface area contributed by atoms with E-state index in [4.69, 9.17) is 9.47 Å². The number of aromatic amines is 1. The Kier molecular flexibility index (Phi) is 4.90. The van der Waals surface area contributed by atoms with Gasteiger partial charge in [0.1, 0.15) is 5.65 Å². The van der Waals surface area contributed by atoms with E-state index in [1.165, 1.54) is 0 Å². The fourth-order valence-electron chi connectivity index (χ4n) is 3.73. The number of nitrogens with zero attached hydrogens (tertiary/aromatic N) is 2. The third-order valence-corrected chi connectivity index (χ3v) is 5.06. The molecule has 7 nitrogen and oxygen atoms in total. The highest BCUT2D eigenvalue weighted by Crippen LogP contribution is 2.33. The lowest BCUT2D eigenvalue weighted by molar-refractivity contribution is -0.139. The van der Waals surface area contributed by atoms with Crippen LogP contribution in [0.1, 0.15) is 32.3 Å². The molecule has 0 spiro atoms. The molecule has 2 aromatic heterocycles. The topological polar surface area (TPSA) is 84.5 Å². The van der Waals surface area contributed by atoms with Crippen molar-refractivity contribution in [3.63, 3.8) is 0 Å². The molecule has 1 atom stereocenters. The number of aromatic nitrogens is 2. The molecular weight excluding hydrogens is 358 g/mol. The van der Waals surface area contributed by atoms with Crippen molar-refractivity contribution in [3.05, 3.63) is 47.3 Å². The monoisotopic (exact) mass is 381 g/mol. The van der Waals surface area contributed by atoms with Crippen molar-refractivity contribution in [3.8, 4) is 0 Å². The molecule has 0 aromatic carbocycles. The van der Waals surface area contributed by atoms with Crippen molar-refractivity contribution < 1.29 is 19.1 Å². The fourth-order valence-corrected chi connectivity index (χ4v) is 3.73. The number of hydrogen-bond donors (Lipinski definition) is 1. The summed E-state index contributed by atoms with van der Waals surface area (Å²) in [7, 11) is 0. The number of rotatable bonds is 4. The number of ether oxygens (including phenoxy) is 2. The van der Waals surface area contributed by atoms with Crippen molar-refractivity contribution in [1.82, 2.24) is 14.9 Å². The summed E-state index contributed by atoms with van der Waals surface area (Å²) < 4.78 is 11.1. The van der Waals surface area contributed by atoms with E-state index >= 15 is 0 Å². The summed E-state index contributed by atoms with van der Waals surface area (Å²) >= 11 is 0. The molecule has 28 heavy (non-hydrogen) atoms. The van der Waals surface area contributed by atoms with E-state index in [-0.39, 0.29) is 17.9 Å². The molecule has 2 aliphatic heterocycles. The zero-order valence-electron chi connectivity index (χ0n) is 16.0. The van der Waals surface area contributed by atoms with Gasteiger partial charge in [-0.2, -0.15) is 0 Å². The molecule has 4 rings (SSSR count). The Morgan fingerprint density at radius 1 is 1.50 bits per heavy atom. The van der Waals surface area contributed by atoms with E-state index in [1.807, 2.05) is 17.0 Å². The van der Waals surface area contributed by atoms with Gasteiger partial charge in [-0.15, -0.1) is 0 Å². The summed E-state index contributed by atoms with van der Waals surface area (Å²) in [5.74, 6) is -0.161. The maximum Gasteiger partial charge on any atom is 0.347 e. The van der Waals surface area contributed by atoms with E-state index < -0.39 is 11.8 Å². The summed E-state index contributed by atoms with van der Waals surface area (Å²) in [6.07, 6.45) is 7.24. The average molecular weight is 381 g/mol. The van der Waals surface area contributed by atoms with Gasteiger partial charge < -0.3 is 19.4 Å². The fraction of sp³-hybridized carbons (Fsp3) is 0.381. The summed E-state index contributed by atoms with van der Waals surface area (Å²) in [5, 5.41) is 0.879. The van der Waals surface area contributed by atoms with Gasteiger partial charge in [0.25, 0.3) is 0 Å². The SMILES string of the molecule is CCOC(=O)C1=C(N2CCCC(C)C2)O/C(=C\c2c[nH]c3ncccc23)C1=O. The first-order valence-electron chi connectivity index (χ1n) is 9.61. The third-order valence-electron chi connectivity index (χ3n) is 5.06. The molecule has 4 heterocycles. The molecule has 146 valence electrons. The number of allylic oxidation sites excluding steroid dienone is 1. The van der Waals surface area contributed by atoms with Crippen LogP contribution < -0.4 is 0 Å². The molecule has 1 saturated heterocycles. The summed E-state index contributed by atoms with van der Waals surface area (Å²) in [5.41, 5.74) is 1.49. The Hall–Kier alpha value is -3.09. The molecule has 0 radical (unpaired) electrons. The van der Waals surface area contributed by atoms with Crippen molar-refractivity contribution in [1.29, 1.82) is 0 Å². The molecule has 1 fully saturated rings. The minimum atomic E-state index is -0.635. The highest BCUT2D eigenvalue weighted by molar-refractivity contribution is 6.26. The Morgan fingerprint density at radius 3 is 3.14 bits per heavy atom. The zero-order chi connectivity index (χ0) is 19.7. The van der Waals surface area contributed by atoms with Crippen LogP contribution in [0, 0.1) is 5.92 Å². The van der Waals surface area contributed by atoms with E-state index in [0.717, 1.165) is 42.5 Å². The predicted molar refractivity (Wildman–Crippen MR) is 104 cm³/mol. The second-order valence-corrected chi connectivity index (χ2v) is 7.18. The van der Waals surface area contributed by atoms with E-state index in [0.29, 0.717) is 11.8 Å². The van der Waals surface area contributed by atoms with Gasteiger partial charge in [0.15, 0.2) is 11.3 Å². The molecule has 2 aromatic rings. The Bertz CT molecular complexity index is 988. The minimum absolute atomic E-state index is 0.0137. The van der Waals surface area contributed by atoms with Crippen LogP contribution in [-0.4, -0.2) is 46.3 Å². The Labute approximate surface area is 163 Å². The number of pyridine rings is 1. The Balaban J connectivity index is 1.71. The molecule has 0 aliphatic carbocycles. The van der Waals surface area contributed by atoms with Gasteiger partial charge in [-0.3, -0.25) is 4.79 Å². The minimum Gasteiger partial charge on any atom is -0.462 e. The lowest BCUT2D eigenvalue weighted by Gasteiger charge is -2.32. The number of esters is 1. The first-order chi connectivity index (χ1) is 13.6. The standard InChI is InChI=1S/C21H23N3O4/c1-3-27-21(26)17-18(25)16(28-20(17)24-9-5-6-13(2)12-24)10-14-11-23-19-15(14)7-4-8-22-19/h4,7-8,10-11,13H,3,5-6,9,12H2,1-2H3,(H,22,23)/b16-10-. The number of nitrogens with one attached hydrogen (secondary N) is 1. The predicted octanol–water partition coefficient (Wildman–Crippen LogP) is 3.01. The lowest BCUT2D eigenvalue weighted by atomic mass is 10.00. The van der Waals surface area contributed by atoms with Gasteiger partial charge in [0.2, 0.25) is 11.7 Å². The number of Topliss-reactive ketones (excluding diaryl/α,β-unsaturated/α-hetero) is 1. The number of piperidine rings is 1. The quantitative estimate of drug-likeness (QED) is 0.498. The largest absolute Gasteiger partial charge is 0.462 e. The number of hydrogen-bond acceptors (Lipinski definition) is 6. The highest BCUT2D eigenvalue weighted by atomic mass is 16.5. The molecule has 0 bridgehead atoms. The number of carbonyl (C=O) groups is 2. The molecule has 2 aliphatic rings. The first kappa shape index (κ1) is 18.3. The van der Waals surface area contributed by atoms with Gasteiger partial charge >= 0.3 is 5.97 Å². The first-order valence-corrected chi connectivity index (χ1v) is 9.61. The van der Waals surface area contributed by atoms with Crippen LogP contribution in [0.15, 0.2) is 41.7 Å². The van der Waals surface area contributed by atoms with Crippen molar-refractivity contribution in [2.45, 2.75) is 26.7 Å². The van der Waals surface area contributed by atoms with Crippen molar-refractivity contribution in [2.75, 3.05) is 19.7 Å². The van der Waals surface area contributed by atoms with Gasteiger partial charge in [-0.05, 0) is 43.9 Å². The second kappa shape index (κ2) is 7.50. The summed E-state index contributed by atoms with van der Waals surface area (Å²) in [4.78, 5) is 34.8. The van der Waals surface area contributed by atoms with Gasteiger partial charge in [-0.25, -0.2) is 9.78 Å². The van der Waals surface area contributed by atoms with Crippen LogP contribution in [0.5, 0.6) is 0 Å². The molecule has 0 saturated carbocycles. The highest BCUT2D eigenvalue weighted by Gasteiger charge is 2.40. The van der Waals surface area contributed by atoms with Crippen LogP contribution in [0.25, 0.3) is 17.1 Å². The molecule has 7 heteroatoms.